The van der Waals surface area contributed by atoms with Gasteiger partial charge >= 0.3 is 5.97 Å². The number of carboxylic acid groups (broad SMARTS) is 1. The number of anilines is 1. The molecular formula is C11H9N5O4S. The zero-order chi connectivity index (χ0) is 15.0. The number of H-pyrrole nitrogens is 2. The average molecular weight is 307 g/mol. The smallest absolute Gasteiger partial charge is 0.340 e. The fourth-order valence-electron chi connectivity index (χ4n) is 1.84. The van der Waals surface area contributed by atoms with Gasteiger partial charge in [0.25, 0.3) is 10.0 Å². The molecule has 9 nitrogen and oxygen atoms in total. The van der Waals surface area contributed by atoms with E-state index in [1.165, 1.54) is 0 Å². The number of nitrogens with one attached hydrogen (secondary N) is 3. The van der Waals surface area contributed by atoms with Crippen LogP contribution in [-0.4, -0.2) is 39.9 Å². The Morgan fingerprint density at radius 2 is 1.95 bits per heavy atom. The molecule has 108 valence electrons. The molecule has 4 N–H and O–H groups in total. The van der Waals surface area contributed by atoms with E-state index in [0.29, 0.717) is 5.52 Å². The highest BCUT2D eigenvalue weighted by molar-refractivity contribution is 7.92. The summed E-state index contributed by atoms with van der Waals surface area (Å²) in [4.78, 5) is 11.0. The summed E-state index contributed by atoms with van der Waals surface area (Å²) in [6, 6.07) is 4.78. The lowest BCUT2D eigenvalue weighted by Gasteiger charge is -2.07. The number of hydrogen-bond donors (Lipinski definition) is 4. The standard InChI is InChI=1S/C11H9N5O4S/c17-11(18)8-5-13-15-10(8)21(19,20)16-7-2-1-6-4-12-14-9(6)3-7/h1-5,16H,(H,12,14)(H,13,15)(H,17,18). The van der Waals surface area contributed by atoms with Crippen LogP contribution in [-0.2, 0) is 10.0 Å². The molecule has 2 heterocycles. The number of nitrogens with zero attached hydrogens (tertiary/aromatic N) is 2. The van der Waals surface area contributed by atoms with Crippen molar-refractivity contribution in [3.8, 4) is 0 Å². The Kier molecular flexibility index (Phi) is 2.87. The molecule has 3 aromatic rings. The zero-order valence-corrected chi connectivity index (χ0v) is 11.2. The van der Waals surface area contributed by atoms with Crippen LogP contribution in [0.2, 0.25) is 0 Å². The quantitative estimate of drug-likeness (QED) is 0.561. The van der Waals surface area contributed by atoms with E-state index in [1.54, 1.807) is 24.4 Å². The minimum atomic E-state index is -4.08. The summed E-state index contributed by atoms with van der Waals surface area (Å²) in [6.07, 6.45) is 2.54. The summed E-state index contributed by atoms with van der Waals surface area (Å²) in [5, 5.41) is 21.4. The maximum atomic E-state index is 12.2. The number of carbonyl (C=O) groups is 1. The molecule has 0 spiro atoms. The van der Waals surface area contributed by atoms with Crippen molar-refractivity contribution in [2.75, 3.05) is 4.72 Å². The van der Waals surface area contributed by atoms with Crippen LogP contribution in [0.15, 0.2) is 35.6 Å². The Morgan fingerprint density at radius 1 is 1.19 bits per heavy atom. The first-order valence-electron chi connectivity index (χ1n) is 5.70. The number of aromatic carboxylic acids is 1. The first-order chi connectivity index (χ1) is 9.97. The SMILES string of the molecule is O=C(O)c1cn[nH]c1S(=O)(=O)Nc1ccc2cn[nH]c2c1. The first-order valence-corrected chi connectivity index (χ1v) is 7.18. The largest absolute Gasteiger partial charge is 0.478 e. The van der Waals surface area contributed by atoms with Gasteiger partial charge in [-0.1, -0.05) is 0 Å². The summed E-state index contributed by atoms with van der Waals surface area (Å²) in [6.45, 7) is 0. The van der Waals surface area contributed by atoms with Gasteiger partial charge < -0.3 is 5.11 Å². The molecule has 0 fully saturated rings. The molecule has 10 heteroatoms. The van der Waals surface area contributed by atoms with Crippen molar-refractivity contribution in [1.82, 2.24) is 20.4 Å². The van der Waals surface area contributed by atoms with Gasteiger partial charge in [-0.2, -0.15) is 18.6 Å². The van der Waals surface area contributed by atoms with Gasteiger partial charge in [0.05, 0.1) is 23.6 Å². The molecule has 0 atom stereocenters. The second kappa shape index (κ2) is 4.59. The zero-order valence-electron chi connectivity index (χ0n) is 10.4. The van der Waals surface area contributed by atoms with Gasteiger partial charge in [-0.05, 0) is 18.2 Å². The minimum absolute atomic E-state index is 0.276. The Balaban J connectivity index is 1.98. The van der Waals surface area contributed by atoms with Crippen molar-refractivity contribution in [3.63, 3.8) is 0 Å². The number of sulfonamides is 1. The van der Waals surface area contributed by atoms with Gasteiger partial charge in [-0.25, -0.2) is 4.79 Å². The lowest BCUT2D eigenvalue weighted by molar-refractivity contribution is 0.0692. The summed E-state index contributed by atoms with van der Waals surface area (Å²) in [7, 11) is -4.08. The van der Waals surface area contributed by atoms with Crippen LogP contribution in [0.5, 0.6) is 0 Å². The number of benzene rings is 1. The van der Waals surface area contributed by atoms with Gasteiger partial charge in [0, 0.05) is 5.39 Å². The molecule has 0 bridgehead atoms. The van der Waals surface area contributed by atoms with Crippen molar-refractivity contribution in [2.24, 2.45) is 0 Å². The molecule has 0 unspecified atom stereocenters. The molecule has 0 amide bonds. The van der Waals surface area contributed by atoms with E-state index in [-0.39, 0.29) is 5.69 Å². The molecular weight excluding hydrogens is 298 g/mol. The highest BCUT2D eigenvalue weighted by atomic mass is 32.2. The second-order valence-electron chi connectivity index (χ2n) is 4.20. The van der Waals surface area contributed by atoms with E-state index in [9.17, 15) is 13.2 Å². The lowest BCUT2D eigenvalue weighted by Crippen LogP contribution is -2.16. The third-order valence-electron chi connectivity index (χ3n) is 2.80. The molecule has 1 aromatic carbocycles. The monoisotopic (exact) mass is 307 g/mol. The topological polar surface area (TPSA) is 141 Å². The van der Waals surface area contributed by atoms with Crippen LogP contribution in [0, 0.1) is 0 Å². The van der Waals surface area contributed by atoms with Crippen LogP contribution in [0.3, 0.4) is 0 Å². The minimum Gasteiger partial charge on any atom is -0.478 e. The van der Waals surface area contributed by atoms with Crippen molar-refractivity contribution in [1.29, 1.82) is 0 Å². The Labute approximate surface area is 118 Å². The molecule has 0 aliphatic rings. The highest BCUT2D eigenvalue weighted by Crippen LogP contribution is 2.21. The van der Waals surface area contributed by atoms with Crippen molar-refractivity contribution in [3.05, 3.63) is 36.2 Å². The number of aromatic amines is 2. The second-order valence-corrected chi connectivity index (χ2v) is 5.81. The third-order valence-corrected chi connectivity index (χ3v) is 4.15. The van der Waals surface area contributed by atoms with E-state index < -0.39 is 26.6 Å². The number of rotatable bonds is 4. The molecule has 21 heavy (non-hydrogen) atoms. The molecule has 0 saturated heterocycles. The summed E-state index contributed by atoms with van der Waals surface area (Å²) >= 11 is 0. The molecule has 0 radical (unpaired) electrons. The predicted molar refractivity (Wildman–Crippen MR) is 72.4 cm³/mol. The lowest BCUT2D eigenvalue weighted by atomic mass is 10.2. The van der Waals surface area contributed by atoms with E-state index in [4.69, 9.17) is 5.11 Å². The third kappa shape index (κ3) is 2.31. The fraction of sp³-hybridized carbons (Fsp3) is 0. The molecule has 0 aliphatic carbocycles. The molecule has 2 aromatic heterocycles. The van der Waals surface area contributed by atoms with Crippen LogP contribution in [0.25, 0.3) is 10.9 Å². The molecule has 0 aliphatic heterocycles. The summed E-state index contributed by atoms with van der Waals surface area (Å²) in [5.41, 5.74) is 0.501. The summed E-state index contributed by atoms with van der Waals surface area (Å²) < 4.78 is 26.7. The predicted octanol–water partition coefficient (Wildman–Crippen LogP) is 0.785. The van der Waals surface area contributed by atoms with Crippen molar-refractivity contribution >= 4 is 32.6 Å². The van der Waals surface area contributed by atoms with Gasteiger partial charge in [-0.15, -0.1) is 0 Å². The number of fused-ring (bicyclic) bond motifs is 1. The Bertz CT molecular complexity index is 927. The van der Waals surface area contributed by atoms with Crippen LogP contribution >= 0.6 is 0 Å². The van der Waals surface area contributed by atoms with Gasteiger partial charge in [0.1, 0.15) is 5.56 Å². The van der Waals surface area contributed by atoms with Crippen LogP contribution in [0.1, 0.15) is 10.4 Å². The first kappa shape index (κ1) is 13.1. The van der Waals surface area contributed by atoms with E-state index in [1.807, 2.05) is 0 Å². The Morgan fingerprint density at radius 3 is 2.71 bits per heavy atom. The number of carboxylic acids is 1. The average Bonchev–Trinajstić information content (AvgIpc) is 3.06. The summed E-state index contributed by atoms with van der Waals surface area (Å²) in [5.74, 6) is -1.38. The van der Waals surface area contributed by atoms with Crippen LogP contribution in [0.4, 0.5) is 5.69 Å². The van der Waals surface area contributed by atoms with Gasteiger partial charge in [-0.3, -0.25) is 14.9 Å². The van der Waals surface area contributed by atoms with Crippen LogP contribution < -0.4 is 4.72 Å². The van der Waals surface area contributed by atoms with E-state index >= 15 is 0 Å². The van der Waals surface area contributed by atoms with Gasteiger partial charge in [0.2, 0.25) is 0 Å². The molecule has 0 saturated carbocycles. The Hall–Kier alpha value is -2.88. The molecule has 3 rings (SSSR count). The fourth-order valence-corrected chi connectivity index (χ4v) is 2.98. The maximum absolute atomic E-state index is 12.2. The van der Waals surface area contributed by atoms with Crippen molar-refractivity contribution in [2.45, 2.75) is 5.03 Å². The van der Waals surface area contributed by atoms with Crippen molar-refractivity contribution < 1.29 is 18.3 Å². The maximum Gasteiger partial charge on any atom is 0.340 e. The van der Waals surface area contributed by atoms with Gasteiger partial charge in [0.15, 0.2) is 5.03 Å². The highest BCUT2D eigenvalue weighted by Gasteiger charge is 2.24. The van der Waals surface area contributed by atoms with E-state index in [0.717, 1.165) is 11.6 Å². The number of aromatic nitrogens is 4. The normalized spacial score (nSPS) is 11.6. The number of hydrogen-bond acceptors (Lipinski definition) is 5. The van der Waals surface area contributed by atoms with E-state index in [2.05, 4.69) is 25.1 Å².